The van der Waals surface area contributed by atoms with Crippen molar-refractivity contribution in [1.82, 2.24) is 9.62 Å². The van der Waals surface area contributed by atoms with Gasteiger partial charge in [-0.25, -0.2) is 13.1 Å². The Balaban J connectivity index is 1.94. The third-order valence-electron chi connectivity index (χ3n) is 4.58. The highest BCUT2D eigenvalue weighted by Gasteiger charge is 2.38. The number of halogens is 4. The molecule has 0 aromatic heterocycles. The number of sulfonamides is 1. The Bertz CT molecular complexity index is 933. The van der Waals surface area contributed by atoms with Crippen molar-refractivity contribution in [3.8, 4) is 0 Å². The van der Waals surface area contributed by atoms with Crippen LogP contribution < -0.4 is 4.72 Å². The molecule has 0 unspecified atom stereocenters. The first kappa shape index (κ1) is 22.0. The first-order valence-corrected chi connectivity index (χ1v) is 10.8. The molecule has 1 atom stereocenters. The maximum Gasteiger partial charge on any atom is 0.417 e. The minimum Gasteiger partial charge on any atom is -0.379 e. The van der Waals surface area contributed by atoms with Crippen molar-refractivity contribution in [2.24, 2.45) is 0 Å². The molecule has 29 heavy (non-hydrogen) atoms. The molecule has 1 heterocycles. The minimum absolute atomic E-state index is 0.191. The van der Waals surface area contributed by atoms with E-state index < -0.39 is 32.7 Å². The van der Waals surface area contributed by atoms with Gasteiger partial charge < -0.3 is 4.74 Å². The molecule has 0 aliphatic carbocycles. The Morgan fingerprint density at radius 1 is 1.10 bits per heavy atom. The van der Waals surface area contributed by atoms with Gasteiger partial charge >= 0.3 is 6.18 Å². The molecule has 1 saturated heterocycles. The number of hydrogen-bond acceptors (Lipinski definition) is 4. The van der Waals surface area contributed by atoms with Crippen LogP contribution >= 0.6 is 11.6 Å². The summed E-state index contributed by atoms with van der Waals surface area (Å²) in [6.07, 6.45) is -4.86. The van der Waals surface area contributed by atoms with Crippen LogP contribution in [0.25, 0.3) is 0 Å². The van der Waals surface area contributed by atoms with Gasteiger partial charge in [0.05, 0.1) is 29.7 Å². The summed E-state index contributed by atoms with van der Waals surface area (Å²) in [5.41, 5.74) is -0.638. The van der Waals surface area contributed by atoms with E-state index in [-0.39, 0.29) is 5.02 Å². The second kappa shape index (κ2) is 9.01. The maximum atomic E-state index is 13.4. The van der Waals surface area contributed by atoms with E-state index in [1.807, 2.05) is 4.90 Å². The lowest BCUT2D eigenvalue weighted by molar-refractivity contribution is -0.139. The van der Waals surface area contributed by atoms with Gasteiger partial charge in [-0.3, -0.25) is 4.90 Å². The lowest BCUT2D eigenvalue weighted by Gasteiger charge is -2.31. The largest absolute Gasteiger partial charge is 0.417 e. The van der Waals surface area contributed by atoms with Crippen molar-refractivity contribution in [3.05, 3.63) is 64.7 Å². The maximum absolute atomic E-state index is 13.4. The van der Waals surface area contributed by atoms with Gasteiger partial charge in [-0.15, -0.1) is 0 Å². The van der Waals surface area contributed by atoms with E-state index in [4.69, 9.17) is 16.3 Å². The van der Waals surface area contributed by atoms with Crippen molar-refractivity contribution in [3.63, 3.8) is 0 Å². The second-order valence-corrected chi connectivity index (χ2v) is 8.75. The van der Waals surface area contributed by atoms with E-state index in [0.29, 0.717) is 44.5 Å². The van der Waals surface area contributed by atoms with E-state index in [0.717, 1.165) is 12.1 Å². The quantitative estimate of drug-likeness (QED) is 0.732. The fourth-order valence-corrected chi connectivity index (χ4v) is 4.74. The van der Waals surface area contributed by atoms with Crippen LogP contribution in [0.2, 0.25) is 5.02 Å². The topological polar surface area (TPSA) is 58.6 Å². The summed E-state index contributed by atoms with van der Waals surface area (Å²) in [5, 5.41) is -0.191. The highest BCUT2D eigenvalue weighted by molar-refractivity contribution is 7.89. The SMILES string of the molecule is O=S(=O)(N[C@H](CN1CCOCC1)c1ccccc1)c1ccc(Cl)cc1C(F)(F)F. The van der Waals surface area contributed by atoms with Gasteiger partial charge in [-0.1, -0.05) is 41.9 Å². The molecule has 2 aromatic carbocycles. The van der Waals surface area contributed by atoms with Crippen LogP contribution in [0.15, 0.2) is 53.4 Å². The minimum atomic E-state index is -4.86. The van der Waals surface area contributed by atoms with E-state index in [9.17, 15) is 21.6 Å². The smallest absolute Gasteiger partial charge is 0.379 e. The van der Waals surface area contributed by atoms with Gasteiger partial charge in [0.2, 0.25) is 10.0 Å². The molecule has 0 saturated carbocycles. The van der Waals surface area contributed by atoms with E-state index in [1.54, 1.807) is 30.3 Å². The van der Waals surface area contributed by atoms with E-state index in [1.165, 1.54) is 0 Å². The number of hydrogen-bond donors (Lipinski definition) is 1. The van der Waals surface area contributed by atoms with Crippen molar-refractivity contribution in [2.45, 2.75) is 17.1 Å². The second-order valence-electron chi connectivity index (χ2n) is 6.64. The van der Waals surface area contributed by atoms with Crippen LogP contribution in [0, 0.1) is 0 Å². The standard InChI is InChI=1S/C19H20ClF3N2O3S/c20-15-6-7-18(16(12-15)19(21,22)23)29(26,27)24-17(14-4-2-1-3-5-14)13-25-8-10-28-11-9-25/h1-7,12,17,24H,8-11,13H2/t17-/m1/s1. The lowest BCUT2D eigenvalue weighted by atomic mass is 10.1. The zero-order valence-electron chi connectivity index (χ0n) is 15.3. The molecular weight excluding hydrogens is 429 g/mol. The Morgan fingerprint density at radius 2 is 1.76 bits per heavy atom. The average Bonchev–Trinajstić information content (AvgIpc) is 2.68. The summed E-state index contributed by atoms with van der Waals surface area (Å²) < 4.78 is 73.9. The summed E-state index contributed by atoms with van der Waals surface area (Å²) in [6.45, 7) is 2.56. The van der Waals surface area contributed by atoms with E-state index in [2.05, 4.69) is 4.72 Å². The van der Waals surface area contributed by atoms with Crippen molar-refractivity contribution in [1.29, 1.82) is 0 Å². The lowest BCUT2D eigenvalue weighted by Crippen LogP contribution is -2.43. The Kier molecular flexibility index (Phi) is 6.85. The first-order valence-electron chi connectivity index (χ1n) is 8.91. The van der Waals surface area contributed by atoms with Crippen molar-refractivity contribution >= 4 is 21.6 Å². The Morgan fingerprint density at radius 3 is 2.38 bits per heavy atom. The zero-order valence-corrected chi connectivity index (χ0v) is 16.9. The third-order valence-corrected chi connectivity index (χ3v) is 6.35. The van der Waals surface area contributed by atoms with Crippen LogP contribution in [0.4, 0.5) is 13.2 Å². The molecule has 0 bridgehead atoms. The van der Waals surface area contributed by atoms with Crippen LogP contribution in [0.3, 0.4) is 0 Å². The highest BCUT2D eigenvalue weighted by atomic mass is 35.5. The molecule has 1 aliphatic rings. The number of nitrogens with one attached hydrogen (secondary N) is 1. The fraction of sp³-hybridized carbons (Fsp3) is 0.368. The molecule has 3 rings (SSSR count). The van der Waals surface area contributed by atoms with Crippen molar-refractivity contribution in [2.75, 3.05) is 32.8 Å². The molecule has 1 aliphatic heterocycles. The molecule has 0 amide bonds. The van der Waals surface area contributed by atoms with Crippen LogP contribution in [-0.2, 0) is 20.9 Å². The molecule has 0 spiro atoms. The molecular formula is C19H20ClF3N2O3S. The fourth-order valence-electron chi connectivity index (χ4n) is 3.15. The Labute approximate surface area is 172 Å². The van der Waals surface area contributed by atoms with Gasteiger partial charge in [0.15, 0.2) is 0 Å². The number of nitrogens with zero attached hydrogens (tertiary/aromatic N) is 1. The molecule has 1 fully saturated rings. The van der Waals surface area contributed by atoms with Crippen molar-refractivity contribution < 1.29 is 26.3 Å². The Hall–Kier alpha value is -1.65. The molecule has 5 nitrogen and oxygen atoms in total. The van der Waals surface area contributed by atoms with Crippen LogP contribution in [0.5, 0.6) is 0 Å². The molecule has 0 radical (unpaired) electrons. The molecule has 1 N–H and O–H groups in total. The number of rotatable bonds is 6. The van der Waals surface area contributed by atoms with Gasteiger partial charge in [0, 0.05) is 24.7 Å². The summed E-state index contributed by atoms with van der Waals surface area (Å²) in [7, 11) is -4.48. The number of morpholine rings is 1. The summed E-state index contributed by atoms with van der Waals surface area (Å²) in [4.78, 5) is 1.16. The highest BCUT2D eigenvalue weighted by Crippen LogP contribution is 2.36. The predicted octanol–water partition coefficient (Wildman–Crippen LogP) is 3.71. The summed E-state index contributed by atoms with van der Waals surface area (Å²) in [5.74, 6) is 0. The van der Waals surface area contributed by atoms with Gasteiger partial charge in [-0.05, 0) is 23.8 Å². The molecule has 158 valence electrons. The number of ether oxygens (including phenoxy) is 1. The average molecular weight is 449 g/mol. The van der Waals surface area contributed by atoms with Gasteiger partial charge in [0.25, 0.3) is 0 Å². The van der Waals surface area contributed by atoms with E-state index >= 15 is 0 Å². The summed E-state index contributed by atoms with van der Waals surface area (Å²) in [6, 6.07) is 10.7. The predicted molar refractivity (Wildman–Crippen MR) is 103 cm³/mol. The number of benzene rings is 2. The van der Waals surface area contributed by atoms with Crippen LogP contribution in [0.1, 0.15) is 17.2 Å². The third kappa shape index (κ3) is 5.70. The number of alkyl halides is 3. The van der Waals surface area contributed by atoms with Gasteiger partial charge in [0.1, 0.15) is 0 Å². The summed E-state index contributed by atoms with van der Waals surface area (Å²) >= 11 is 5.67. The molecule has 10 heteroatoms. The first-order chi connectivity index (χ1) is 13.7. The monoisotopic (exact) mass is 448 g/mol. The van der Waals surface area contributed by atoms with Gasteiger partial charge in [-0.2, -0.15) is 13.2 Å². The van der Waals surface area contributed by atoms with Crippen LogP contribution in [-0.4, -0.2) is 46.2 Å². The zero-order chi connectivity index (χ0) is 21.1. The normalized spacial score (nSPS) is 17.2. The molecule has 2 aromatic rings.